The number of carboxylic acids is 1. The molecule has 2 aromatic carbocycles. The first-order valence-corrected chi connectivity index (χ1v) is 7.53. The fourth-order valence-corrected chi connectivity index (χ4v) is 2.34. The van der Waals surface area contributed by atoms with Crippen LogP contribution in [-0.4, -0.2) is 23.5 Å². The van der Waals surface area contributed by atoms with E-state index in [0.29, 0.717) is 11.5 Å². The maximum absolute atomic E-state index is 12.1. The zero-order valence-corrected chi connectivity index (χ0v) is 13.3. The highest BCUT2D eigenvalue weighted by atomic mass is 16.5. The number of ketones is 1. The molecule has 0 aliphatic heterocycles. The number of carbonyl (C=O) groups excluding carboxylic acids is 1. The van der Waals surface area contributed by atoms with Crippen molar-refractivity contribution in [3.63, 3.8) is 0 Å². The van der Waals surface area contributed by atoms with Crippen molar-refractivity contribution in [2.75, 3.05) is 6.61 Å². The molecule has 120 valence electrons. The zero-order chi connectivity index (χ0) is 16.8. The molecule has 2 rings (SSSR count). The lowest BCUT2D eigenvalue weighted by atomic mass is 10.0. The number of ether oxygens (including phenoxy) is 1. The van der Waals surface area contributed by atoms with E-state index in [4.69, 9.17) is 9.84 Å². The summed E-state index contributed by atoms with van der Waals surface area (Å²) in [5.41, 5.74) is 1.92. The van der Waals surface area contributed by atoms with Crippen LogP contribution in [0.2, 0.25) is 0 Å². The van der Waals surface area contributed by atoms with Crippen LogP contribution < -0.4 is 4.74 Å². The van der Waals surface area contributed by atoms with Crippen LogP contribution in [0.25, 0.3) is 0 Å². The van der Waals surface area contributed by atoms with Gasteiger partial charge >= 0.3 is 5.97 Å². The molecule has 0 radical (unpaired) electrons. The highest BCUT2D eigenvalue weighted by Gasteiger charge is 2.11. The summed E-state index contributed by atoms with van der Waals surface area (Å²) in [6.07, 6.45) is 0.158. The normalized spacial score (nSPS) is 10.6. The molecule has 4 nitrogen and oxygen atoms in total. The summed E-state index contributed by atoms with van der Waals surface area (Å²) in [7, 11) is 0. The molecular formula is C19H20O4. The number of rotatable bonds is 7. The molecule has 0 heterocycles. The molecule has 0 bridgehead atoms. The van der Waals surface area contributed by atoms with Crippen molar-refractivity contribution in [1.82, 2.24) is 0 Å². The first kappa shape index (κ1) is 16.7. The third kappa shape index (κ3) is 4.68. The molecular weight excluding hydrogens is 292 g/mol. The summed E-state index contributed by atoms with van der Waals surface area (Å²) in [6.45, 7) is 4.11. The van der Waals surface area contributed by atoms with Gasteiger partial charge in [0.25, 0.3) is 0 Å². The summed E-state index contributed by atoms with van der Waals surface area (Å²) in [5, 5.41) is 8.97. The Hall–Kier alpha value is -2.62. The number of Topliss-reactive ketones (excluding diaryl/α,β-unsaturated/α-hetero) is 1. The minimum Gasteiger partial charge on any atom is -0.486 e. The van der Waals surface area contributed by atoms with E-state index in [1.807, 2.05) is 24.3 Å². The SMILES string of the molecule is CC(C)c1ccccc1OCC(=O)Cc1cccc(C(=O)O)c1. The van der Waals surface area contributed by atoms with E-state index in [1.165, 1.54) is 12.1 Å². The van der Waals surface area contributed by atoms with Crippen LogP contribution in [0.3, 0.4) is 0 Å². The molecule has 0 unspecified atom stereocenters. The van der Waals surface area contributed by atoms with Crippen molar-refractivity contribution < 1.29 is 19.4 Å². The van der Waals surface area contributed by atoms with Crippen LogP contribution >= 0.6 is 0 Å². The largest absolute Gasteiger partial charge is 0.486 e. The Bertz CT molecular complexity index is 704. The monoisotopic (exact) mass is 312 g/mol. The van der Waals surface area contributed by atoms with Gasteiger partial charge in [0.15, 0.2) is 5.78 Å². The van der Waals surface area contributed by atoms with Gasteiger partial charge in [0.1, 0.15) is 12.4 Å². The predicted molar refractivity (Wildman–Crippen MR) is 88.1 cm³/mol. The fraction of sp³-hybridized carbons (Fsp3) is 0.263. The number of para-hydroxylation sites is 1. The van der Waals surface area contributed by atoms with Gasteiger partial charge in [-0.3, -0.25) is 4.79 Å². The minimum absolute atomic E-state index is 0.0268. The molecule has 0 saturated carbocycles. The molecule has 0 spiro atoms. The Labute approximate surface area is 135 Å². The smallest absolute Gasteiger partial charge is 0.335 e. The van der Waals surface area contributed by atoms with E-state index in [1.54, 1.807) is 12.1 Å². The fourth-order valence-electron chi connectivity index (χ4n) is 2.34. The molecule has 0 aromatic heterocycles. The second kappa shape index (κ2) is 7.58. The molecule has 0 saturated heterocycles. The topological polar surface area (TPSA) is 63.6 Å². The van der Waals surface area contributed by atoms with Crippen molar-refractivity contribution in [1.29, 1.82) is 0 Å². The Morgan fingerprint density at radius 1 is 1.09 bits per heavy atom. The lowest BCUT2D eigenvalue weighted by molar-refractivity contribution is -0.120. The van der Waals surface area contributed by atoms with Gasteiger partial charge in [0.2, 0.25) is 0 Å². The van der Waals surface area contributed by atoms with Crippen molar-refractivity contribution in [3.05, 3.63) is 65.2 Å². The number of aromatic carboxylic acids is 1. The maximum Gasteiger partial charge on any atom is 0.335 e. The number of carboxylic acid groups (broad SMARTS) is 1. The van der Waals surface area contributed by atoms with Crippen LogP contribution in [0.15, 0.2) is 48.5 Å². The van der Waals surface area contributed by atoms with Crippen LogP contribution in [0.5, 0.6) is 5.75 Å². The predicted octanol–water partition coefficient (Wildman–Crippen LogP) is 3.70. The second-order valence-corrected chi connectivity index (χ2v) is 5.70. The van der Waals surface area contributed by atoms with Gasteiger partial charge in [0, 0.05) is 6.42 Å². The summed E-state index contributed by atoms with van der Waals surface area (Å²) in [5.74, 6) is -0.0591. The van der Waals surface area contributed by atoms with E-state index >= 15 is 0 Å². The average Bonchev–Trinajstić information content (AvgIpc) is 2.53. The van der Waals surface area contributed by atoms with Crippen molar-refractivity contribution in [2.24, 2.45) is 0 Å². The average molecular weight is 312 g/mol. The van der Waals surface area contributed by atoms with Gasteiger partial charge in [-0.2, -0.15) is 0 Å². The second-order valence-electron chi connectivity index (χ2n) is 5.70. The summed E-state index contributed by atoms with van der Waals surface area (Å²) in [4.78, 5) is 23.0. The quantitative estimate of drug-likeness (QED) is 0.846. The minimum atomic E-state index is -0.999. The van der Waals surface area contributed by atoms with Crippen LogP contribution in [-0.2, 0) is 11.2 Å². The van der Waals surface area contributed by atoms with Gasteiger partial charge in [-0.15, -0.1) is 0 Å². The van der Waals surface area contributed by atoms with Crippen LogP contribution in [0, 0.1) is 0 Å². The first-order valence-electron chi connectivity index (χ1n) is 7.53. The highest BCUT2D eigenvalue weighted by Crippen LogP contribution is 2.25. The van der Waals surface area contributed by atoms with Crippen LogP contribution in [0.4, 0.5) is 0 Å². The molecule has 4 heteroatoms. The highest BCUT2D eigenvalue weighted by molar-refractivity contribution is 5.88. The maximum atomic E-state index is 12.1. The van der Waals surface area contributed by atoms with Gasteiger partial charge in [-0.05, 0) is 35.2 Å². The summed E-state index contributed by atoms with van der Waals surface area (Å²) < 4.78 is 5.64. The van der Waals surface area contributed by atoms with E-state index < -0.39 is 5.97 Å². The van der Waals surface area contributed by atoms with E-state index in [2.05, 4.69) is 13.8 Å². The Balaban J connectivity index is 1.98. The van der Waals surface area contributed by atoms with Gasteiger partial charge in [0.05, 0.1) is 5.56 Å². The first-order chi connectivity index (χ1) is 11.0. The molecule has 0 aliphatic rings. The Kier molecular flexibility index (Phi) is 5.52. The summed E-state index contributed by atoms with van der Waals surface area (Å²) in [6, 6.07) is 14.1. The number of hydrogen-bond donors (Lipinski definition) is 1. The lowest BCUT2D eigenvalue weighted by Gasteiger charge is -2.13. The third-order valence-corrected chi connectivity index (χ3v) is 3.50. The van der Waals surface area contributed by atoms with Gasteiger partial charge < -0.3 is 9.84 Å². The Morgan fingerprint density at radius 2 is 1.83 bits per heavy atom. The molecule has 0 amide bonds. The van der Waals surface area contributed by atoms with Crippen LogP contribution in [0.1, 0.15) is 41.3 Å². The molecule has 1 N–H and O–H groups in total. The lowest BCUT2D eigenvalue weighted by Crippen LogP contribution is -2.15. The summed E-state index contributed by atoms with van der Waals surface area (Å²) >= 11 is 0. The van der Waals surface area contributed by atoms with Gasteiger partial charge in [-0.1, -0.05) is 44.2 Å². The molecule has 2 aromatic rings. The number of benzene rings is 2. The van der Waals surface area contributed by atoms with E-state index in [0.717, 1.165) is 11.3 Å². The number of hydrogen-bond acceptors (Lipinski definition) is 3. The zero-order valence-electron chi connectivity index (χ0n) is 13.3. The number of carbonyl (C=O) groups is 2. The van der Waals surface area contributed by atoms with Gasteiger partial charge in [-0.25, -0.2) is 4.79 Å². The van der Waals surface area contributed by atoms with Crippen molar-refractivity contribution in [3.8, 4) is 5.75 Å². The van der Waals surface area contributed by atoms with Crippen molar-refractivity contribution >= 4 is 11.8 Å². The van der Waals surface area contributed by atoms with E-state index in [9.17, 15) is 9.59 Å². The standard InChI is InChI=1S/C19H20O4/c1-13(2)17-8-3-4-9-18(17)23-12-16(20)11-14-6-5-7-15(10-14)19(21)22/h3-10,13H,11-12H2,1-2H3,(H,21,22). The van der Waals surface area contributed by atoms with Crippen molar-refractivity contribution in [2.45, 2.75) is 26.2 Å². The molecule has 0 aliphatic carbocycles. The molecule has 23 heavy (non-hydrogen) atoms. The molecule has 0 atom stereocenters. The Morgan fingerprint density at radius 3 is 2.52 bits per heavy atom. The van der Waals surface area contributed by atoms with E-state index in [-0.39, 0.29) is 24.4 Å². The third-order valence-electron chi connectivity index (χ3n) is 3.50. The molecule has 0 fully saturated rings.